The van der Waals surface area contributed by atoms with Crippen molar-refractivity contribution in [2.75, 3.05) is 7.05 Å². The molecule has 0 atom stereocenters. The number of benzene rings is 1. The van der Waals surface area contributed by atoms with Gasteiger partial charge in [-0.05, 0) is 70.2 Å². The molecule has 1 heterocycles. The highest BCUT2D eigenvalue weighted by Crippen LogP contribution is 2.32. The van der Waals surface area contributed by atoms with Gasteiger partial charge >= 0.3 is 6.61 Å². The third kappa shape index (κ3) is 4.33. The van der Waals surface area contributed by atoms with Crippen molar-refractivity contribution in [3.05, 3.63) is 55.0 Å². The number of rotatable bonds is 6. The van der Waals surface area contributed by atoms with Gasteiger partial charge in [-0.3, -0.25) is 0 Å². The molecule has 0 unspecified atom stereocenters. The van der Waals surface area contributed by atoms with E-state index in [4.69, 9.17) is 0 Å². The van der Waals surface area contributed by atoms with Gasteiger partial charge in [0.2, 0.25) is 10.0 Å². The Morgan fingerprint density at radius 3 is 2.69 bits per heavy atom. The quantitative estimate of drug-likeness (QED) is 0.614. The van der Waals surface area contributed by atoms with Gasteiger partial charge < -0.3 is 4.74 Å². The first kappa shape index (κ1) is 19.5. The third-order valence-corrected chi connectivity index (χ3v) is 7.59. The van der Waals surface area contributed by atoms with Gasteiger partial charge in [-0.1, -0.05) is 6.07 Å². The number of alkyl halides is 2. The van der Waals surface area contributed by atoms with E-state index < -0.39 is 16.6 Å². The van der Waals surface area contributed by atoms with Gasteiger partial charge in [-0.25, -0.2) is 8.42 Å². The van der Waals surface area contributed by atoms with Crippen LogP contribution in [0.1, 0.15) is 22.4 Å². The van der Waals surface area contributed by atoms with E-state index in [-0.39, 0.29) is 5.75 Å². The van der Waals surface area contributed by atoms with Gasteiger partial charge in [0, 0.05) is 18.5 Å². The number of hydrogen-bond acceptors (Lipinski definition) is 4. The molecule has 0 amide bonds. The van der Waals surface area contributed by atoms with Crippen LogP contribution in [0.15, 0.2) is 39.0 Å². The number of hydrogen-bond donors (Lipinski definition) is 0. The maximum absolute atomic E-state index is 12.8. The van der Waals surface area contributed by atoms with Crippen LogP contribution < -0.4 is 4.74 Å². The number of aryl methyl sites for hydroxylation is 1. The van der Waals surface area contributed by atoms with Crippen LogP contribution in [0, 0.1) is 0 Å². The zero-order valence-corrected chi connectivity index (χ0v) is 17.0. The van der Waals surface area contributed by atoms with Crippen LogP contribution in [0.25, 0.3) is 6.08 Å². The summed E-state index contributed by atoms with van der Waals surface area (Å²) >= 11 is 4.86. The summed E-state index contributed by atoms with van der Waals surface area (Å²) in [5.41, 5.74) is 1.51. The first-order chi connectivity index (χ1) is 12.3. The van der Waals surface area contributed by atoms with Crippen molar-refractivity contribution in [1.29, 1.82) is 0 Å². The molecule has 1 aromatic carbocycles. The van der Waals surface area contributed by atoms with E-state index in [0.29, 0.717) is 29.9 Å². The smallest absolute Gasteiger partial charge is 0.387 e. The first-order valence-electron chi connectivity index (χ1n) is 7.74. The molecule has 1 aromatic heterocycles. The lowest BCUT2D eigenvalue weighted by molar-refractivity contribution is -0.0498. The minimum Gasteiger partial charge on any atom is -0.435 e. The molecule has 0 fully saturated rings. The van der Waals surface area contributed by atoms with Crippen molar-refractivity contribution in [3.8, 4) is 5.75 Å². The van der Waals surface area contributed by atoms with Crippen molar-refractivity contribution < 1.29 is 21.9 Å². The Balaban J connectivity index is 1.81. The van der Waals surface area contributed by atoms with E-state index in [2.05, 4.69) is 20.7 Å². The molecular weight excluding hydrogens is 448 g/mol. The highest BCUT2D eigenvalue weighted by atomic mass is 79.9. The van der Waals surface area contributed by atoms with E-state index in [9.17, 15) is 17.2 Å². The fraction of sp³-hybridized carbons (Fsp3) is 0.294. The van der Waals surface area contributed by atoms with Crippen LogP contribution in [-0.2, 0) is 23.0 Å². The van der Waals surface area contributed by atoms with Crippen molar-refractivity contribution in [2.24, 2.45) is 0 Å². The van der Waals surface area contributed by atoms with Crippen LogP contribution >= 0.6 is 27.3 Å². The zero-order valence-electron chi connectivity index (χ0n) is 13.8. The topological polar surface area (TPSA) is 46.6 Å². The van der Waals surface area contributed by atoms with E-state index in [0.717, 1.165) is 14.2 Å². The molecule has 0 spiro atoms. The van der Waals surface area contributed by atoms with Crippen molar-refractivity contribution in [2.45, 2.75) is 26.0 Å². The summed E-state index contributed by atoms with van der Waals surface area (Å²) in [6.07, 6.45) is 2.40. The third-order valence-electron chi connectivity index (χ3n) is 4.05. The van der Waals surface area contributed by atoms with Crippen LogP contribution in [-0.4, -0.2) is 26.4 Å². The van der Waals surface area contributed by atoms with Crippen LogP contribution in [0.4, 0.5) is 8.78 Å². The standard InChI is InChI=1S/C17H16BrF2NO3S2/c1-21(10-14-5-7-16(18)25-14)26(22,23)15-6-3-11-8-13(24-17(19)20)4-2-12(11)9-15/h2,4-5,7-9,17H,3,6,10H2,1H3. The Morgan fingerprint density at radius 2 is 2.04 bits per heavy atom. The predicted octanol–water partition coefficient (Wildman–Crippen LogP) is 4.86. The first-order valence-corrected chi connectivity index (χ1v) is 10.8. The fourth-order valence-corrected chi connectivity index (χ4v) is 5.73. The van der Waals surface area contributed by atoms with E-state index in [1.807, 2.05) is 12.1 Å². The van der Waals surface area contributed by atoms with Crippen molar-refractivity contribution in [3.63, 3.8) is 0 Å². The lowest BCUT2D eigenvalue weighted by Crippen LogP contribution is -2.28. The largest absolute Gasteiger partial charge is 0.435 e. The summed E-state index contributed by atoms with van der Waals surface area (Å²) in [7, 11) is -2.03. The molecule has 3 rings (SSSR count). The fourth-order valence-electron chi connectivity index (χ4n) is 2.76. The number of sulfonamides is 1. The second kappa shape index (κ2) is 7.75. The molecular formula is C17H16BrF2NO3S2. The Labute approximate surface area is 163 Å². The Bertz CT molecular complexity index is 941. The van der Waals surface area contributed by atoms with E-state index in [1.54, 1.807) is 19.2 Å². The number of fused-ring (bicyclic) bond motifs is 1. The maximum atomic E-state index is 12.8. The van der Waals surface area contributed by atoms with Crippen molar-refractivity contribution in [1.82, 2.24) is 4.31 Å². The molecule has 140 valence electrons. The molecule has 0 saturated carbocycles. The Hall–Kier alpha value is -1.29. The molecule has 0 radical (unpaired) electrons. The summed E-state index contributed by atoms with van der Waals surface area (Å²) < 4.78 is 57.0. The van der Waals surface area contributed by atoms with Gasteiger partial charge in [-0.15, -0.1) is 11.3 Å². The highest BCUT2D eigenvalue weighted by Gasteiger charge is 2.26. The average molecular weight is 464 g/mol. The monoisotopic (exact) mass is 463 g/mol. The summed E-state index contributed by atoms with van der Waals surface area (Å²) in [6.45, 7) is -2.58. The van der Waals surface area contributed by atoms with Crippen molar-refractivity contribution >= 4 is 43.4 Å². The number of halogens is 3. The molecule has 4 nitrogen and oxygen atoms in total. The molecule has 0 bridgehead atoms. The van der Waals surface area contributed by atoms with Gasteiger partial charge in [-0.2, -0.15) is 13.1 Å². The second-order valence-electron chi connectivity index (χ2n) is 5.82. The number of allylic oxidation sites excluding steroid dienone is 1. The van der Waals surface area contributed by atoms with Gasteiger partial charge in [0.05, 0.1) is 8.69 Å². The lowest BCUT2D eigenvalue weighted by atomic mass is 9.97. The van der Waals surface area contributed by atoms with Gasteiger partial charge in [0.1, 0.15) is 5.75 Å². The second-order valence-corrected chi connectivity index (χ2v) is 10.5. The molecule has 0 aliphatic heterocycles. The Morgan fingerprint density at radius 1 is 1.27 bits per heavy atom. The summed E-state index contributed by atoms with van der Waals surface area (Å²) in [6, 6.07) is 8.34. The summed E-state index contributed by atoms with van der Waals surface area (Å²) in [5.74, 6) is 0.0823. The predicted molar refractivity (Wildman–Crippen MR) is 102 cm³/mol. The molecule has 2 aromatic rings. The molecule has 1 aliphatic carbocycles. The normalized spacial score (nSPS) is 14.5. The SMILES string of the molecule is CN(Cc1ccc(Br)s1)S(=O)(=O)C1=Cc2ccc(OC(F)F)cc2CC1. The molecule has 9 heteroatoms. The van der Waals surface area contributed by atoms with Crippen LogP contribution in [0.5, 0.6) is 5.75 Å². The number of ether oxygens (including phenoxy) is 1. The lowest BCUT2D eigenvalue weighted by Gasteiger charge is -2.22. The van der Waals surface area contributed by atoms with Gasteiger partial charge in [0.25, 0.3) is 0 Å². The summed E-state index contributed by atoms with van der Waals surface area (Å²) in [4.78, 5) is 1.26. The Kier molecular flexibility index (Phi) is 5.81. The number of thiophene rings is 1. The maximum Gasteiger partial charge on any atom is 0.387 e. The van der Waals surface area contributed by atoms with E-state index in [1.165, 1.54) is 27.8 Å². The minimum atomic E-state index is -3.59. The minimum absolute atomic E-state index is 0.0823. The molecule has 26 heavy (non-hydrogen) atoms. The van der Waals surface area contributed by atoms with Gasteiger partial charge in [0.15, 0.2) is 0 Å². The zero-order chi connectivity index (χ0) is 18.9. The number of nitrogens with zero attached hydrogens (tertiary/aromatic N) is 1. The molecule has 0 N–H and O–H groups in total. The molecule has 1 aliphatic rings. The average Bonchev–Trinajstić information content (AvgIpc) is 2.98. The van der Waals surface area contributed by atoms with Crippen LogP contribution in [0.3, 0.4) is 0 Å². The highest BCUT2D eigenvalue weighted by molar-refractivity contribution is 9.11. The van der Waals surface area contributed by atoms with E-state index >= 15 is 0 Å². The summed E-state index contributed by atoms with van der Waals surface area (Å²) in [5, 5.41) is 0. The molecule has 0 saturated heterocycles. The van der Waals surface area contributed by atoms with Crippen LogP contribution in [0.2, 0.25) is 0 Å².